The Balaban J connectivity index is 1.38. The molecular formula is C68H22F68N8O4. The highest BCUT2D eigenvalue weighted by atomic mass is 19.4. The van der Waals surface area contributed by atoms with Crippen LogP contribution in [-0.2, 0) is 0 Å². The molecule has 7 aromatic rings. The number of nitrogens with zero attached hydrogens (tertiary/aromatic N) is 6. The molecule has 9 rings (SSSR count). The van der Waals surface area contributed by atoms with Gasteiger partial charge in [0.2, 0.25) is 0 Å². The van der Waals surface area contributed by atoms with E-state index >= 15 is 105 Å². The van der Waals surface area contributed by atoms with Crippen LogP contribution < -0.4 is 18.9 Å². The average Bonchev–Trinajstić information content (AvgIpc) is 0.757. The molecule has 3 aromatic heterocycles. The molecule has 834 valence electrons. The maximum absolute atomic E-state index is 15.7. The summed E-state index contributed by atoms with van der Waals surface area (Å²) < 4.78 is 1010. The molecule has 0 aliphatic carbocycles. The smallest absolute Gasteiger partial charge is 0.428 e. The second-order valence-corrected chi connectivity index (χ2v) is 30.1. The van der Waals surface area contributed by atoms with Gasteiger partial charge in [-0.15, -0.1) is 0 Å². The molecule has 0 saturated carbocycles. The van der Waals surface area contributed by atoms with Crippen LogP contribution in [0.4, 0.5) is 299 Å². The van der Waals surface area contributed by atoms with Crippen molar-refractivity contribution < 1.29 is 317 Å². The SMILES string of the molecule is FCC(F)(F)C(F)(F)C(F)(F)C(F)(F)C(F)(F)C(F)(F)C(F)(F)C(F)(F)Oc1ccc2c(c1)-c1nc-2nc2[nH]c(nc3nc(nc4[nH]c(n1)c1ccc(OC(F)(F)C(F)(F)C(F)(F)C(F)(F)C(F)(F)C(F)(F)C(F)(F)C(F)(F)CF)cc41)-c1ccc(OC(F)(F)C(F)(F)C(F)(F)C(F)(F)C(F)(F)C(F)(F)C(F)(F)C(F)(F)CF)cc1-3)c1ccc(OC(F)(F)C(F)(F)C(F)(F)C(F)(F)C(F)(F)C(F)(F)C(F)(F)C(F)(F)CF)cc21. The second kappa shape index (κ2) is 34.1. The highest BCUT2D eigenvalue weighted by Crippen LogP contribution is 2.71. The van der Waals surface area contributed by atoms with Crippen molar-refractivity contribution in [1.29, 1.82) is 0 Å². The molecule has 0 fully saturated rings. The van der Waals surface area contributed by atoms with E-state index in [4.69, 9.17) is 0 Å². The van der Waals surface area contributed by atoms with Gasteiger partial charge in [0.1, 0.15) is 45.6 Å². The van der Waals surface area contributed by atoms with Gasteiger partial charge in [-0.2, -0.15) is 281 Å². The number of halogens is 68. The predicted octanol–water partition coefficient (Wildman–Crippen LogP) is 28.4. The Labute approximate surface area is 759 Å². The van der Waals surface area contributed by atoms with E-state index in [-0.39, 0.29) is 24.3 Å². The second-order valence-electron chi connectivity index (χ2n) is 30.1. The molecule has 148 heavy (non-hydrogen) atoms. The van der Waals surface area contributed by atoms with Crippen LogP contribution >= 0.6 is 0 Å². The fraction of sp³-hybridized carbons (Fsp3) is 0.529. The van der Waals surface area contributed by atoms with Crippen LogP contribution in [0.3, 0.4) is 0 Å². The van der Waals surface area contributed by atoms with Crippen molar-refractivity contribution in [3.63, 3.8) is 0 Å². The Bertz CT molecular complexity index is 6040. The van der Waals surface area contributed by atoms with Crippen molar-refractivity contribution in [2.24, 2.45) is 0 Å². The van der Waals surface area contributed by atoms with Gasteiger partial charge in [0.05, 0.1) is 0 Å². The van der Waals surface area contributed by atoms with Gasteiger partial charge in [0.25, 0.3) is 0 Å². The zero-order valence-corrected chi connectivity index (χ0v) is 66.8. The Morgan fingerprint density at radius 2 is 0.311 bits per heavy atom. The third-order valence-corrected chi connectivity index (χ3v) is 20.6. The fourth-order valence-electron chi connectivity index (χ4n) is 12.0. The molecule has 0 spiro atoms. The largest absolute Gasteiger partial charge is 0.471 e. The number of ether oxygens (including phenoxy) is 4. The van der Waals surface area contributed by atoms with Crippen LogP contribution in [0.2, 0.25) is 0 Å². The van der Waals surface area contributed by atoms with Crippen LogP contribution in [0.25, 0.3) is 89.7 Å². The number of fused-ring (bicyclic) bond motifs is 20. The first-order chi connectivity index (χ1) is 65.4. The summed E-state index contributed by atoms with van der Waals surface area (Å²) in [6, 6.07) is -7.14. The van der Waals surface area contributed by atoms with E-state index in [2.05, 4.69) is 48.9 Å². The van der Waals surface area contributed by atoms with E-state index < -0.39 is 378 Å². The van der Waals surface area contributed by atoms with Crippen molar-refractivity contribution >= 4 is 44.1 Å². The minimum atomic E-state index is -9.43. The van der Waals surface area contributed by atoms with Crippen LogP contribution in [0.15, 0.2) is 72.8 Å². The molecule has 5 heterocycles. The lowest BCUT2D eigenvalue weighted by atomic mass is 9.89. The Morgan fingerprint density at radius 1 is 0.162 bits per heavy atom. The number of aromatic amines is 2. The van der Waals surface area contributed by atoms with Gasteiger partial charge >= 0.3 is 190 Å². The number of hydrogen-bond acceptors (Lipinski definition) is 10. The number of H-pyrrole nitrogens is 2. The number of alkyl halides is 68. The minimum Gasteiger partial charge on any atom is -0.428 e. The lowest BCUT2D eigenvalue weighted by molar-refractivity contribution is -0.465. The van der Waals surface area contributed by atoms with E-state index in [1.165, 1.54) is 0 Å². The molecule has 80 heteroatoms. The lowest BCUT2D eigenvalue weighted by Gasteiger charge is -2.43. The first-order valence-corrected chi connectivity index (χ1v) is 35.8. The van der Waals surface area contributed by atoms with E-state index in [1.54, 1.807) is 9.97 Å². The van der Waals surface area contributed by atoms with Gasteiger partial charge in [-0.25, -0.2) is 47.5 Å². The lowest BCUT2D eigenvalue weighted by Crippen LogP contribution is -2.75. The molecule has 2 N–H and O–H groups in total. The molecule has 4 aromatic carbocycles. The third kappa shape index (κ3) is 15.9. The molecule has 2 aliphatic heterocycles. The molecule has 0 saturated heterocycles. The number of nitrogens with one attached hydrogen (secondary N) is 2. The molecular weight excluding hydrogens is 2280 g/mol. The number of aromatic nitrogens is 8. The standard InChI is InChI=1S/C68H22F68N8O4/c69-13-37(73,74)41(81,82)45(89,90)49(97,98)53(105,106)57(113,114)61(121,122)65(129,130)145-17-1-5-21-25(9-17)33-137-29(21)141-34-26-10-18(146-66(131,132)62(123,124)58(115,116)54(107,108)50(99,100)46(91,92)42(83,84)38(75,76)14-70)2-6-22(26)31(138-34)143-36-28-12-20(148-68(135,136)64(127,128)60(119,120)56(111,112)52(103,104)48(95,96)44(87,88)40(79,80)16-72)4-8-24(28)32(140-36)144-35-27-11-19(3-7-23(27)30(139-35)142-33)147-67(133,134)63(125,126)59(117,118)55(109,110)51(101,102)47(93,94)43(85,86)39(77,78)15-71/h1-12H,13-16H2,(H2,137,138,139,140,141,142,143,144). The molecule has 0 amide bonds. The third-order valence-electron chi connectivity index (χ3n) is 20.6. The Kier molecular flexibility index (Phi) is 27.7. The topological polar surface area (TPSA) is 146 Å². The van der Waals surface area contributed by atoms with Crippen molar-refractivity contribution in [2.75, 3.05) is 26.7 Å². The van der Waals surface area contributed by atoms with Gasteiger partial charge in [-0.3, -0.25) is 0 Å². The van der Waals surface area contributed by atoms with Crippen molar-refractivity contribution in [2.45, 2.75) is 190 Å². The zero-order valence-electron chi connectivity index (χ0n) is 66.8. The maximum Gasteiger partial charge on any atom is 0.471 e. The highest BCUT2D eigenvalue weighted by Gasteiger charge is 3.01. The molecule has 0 atom stereocenters. The zero-order chi connectivity index (χ0) is 115. The summed E-state index contributed by atoms with van der Waals surface area (Å²) >= 11 is 0. The number of rotatable bonds is 40. The molecule has 12 nitrogen and oxygen atoms in total. The summed E-state index contributed by atoms with van der Waals surface area (Å²) in [4.78, 5) is 23.8. The summed E-state index contributed by atoms with van der Waals surface area (Å²) in [7, 11) is 0. The van der Waals surface area contributed by atoms with E-state index in [0.29, 0.717) is 0 Å². The number of hydrogen-bond donors (Lipinski definition) is 2. The fourth-order valence-corrected chi connectivity index (χ4v) is 12.0. The van der Waals surface area contributed by atoms with E-state index in [0.717, 1.165) is 0 Å². The summed E-state index contributed by atoms with van der Waals surface area (Å²) in [6.07, 6.45) is -32.4. The summed E-state index contributed by atoms with van der Waals surface area (Å²) in [5.74, 6) is -267. The normalized spacial score (nSPS) is 15.8. The predicted molar refractivity (Wildman–Crippen MR) is 341 cm³/mol. The average molecular weight is 2310 g/mol. The van der Waals surface area contributed by atoms with Crippen LogP contribution in [-0.4, -0.2) is 257 Å². The van der Waals surface area contributed by atoms with Gasteiger partial charge in [-0.1, -0.05) is 0 Å². The molecule has 8 bridgehead atoms. The molecule has 0 unspecified atom stereocenters. The minimum absolute atomic E-state index is 0.371. The quantitative estimate of drug-likeness (QED) is 0.0356. The first-order valence-electron chi connectivity index (χ1n) is 35.8. The highest BCUT2D eigenvalue weighted by molar-refractivity contribution is 6.07. The maximum atomic E-state index is 15.7. The van der Waals surface area contributed by atoms with Gasteiger partial charge in [-0.05, 0) is 72.8 Å². The number of benzene rings is 4. The van der Waals surface area contributed by atoms with Crippen LogP contribution in [0, 0.1) is 0 Å². The monoisotopic (exact) mass is 2310 g/mol. The Hall–Kier alpha value is -11.3. The summed E-state index contributed by atoms with van der Waals surface area (Å²) in [6.45, 7) is -17.7. The first kappa shape index (κ1) is 120. The van der Waals surface area contributed by atoms with Gasteiger partial charge in [0.15, 0.2) is 50.0 Å². The summed E-state index contributed by atoms with van der Waals surface area (Å²) in [5, 5.41) is -6.89. The van der Waals surface area contributed by atoms with Crippen molar-refractivity contribution in [3.05, 3.63) is 72.8 Å². The van der Waals surface area contributed by atoms with E-state index in [9.17, 15) is 193 Å². The summed E-state index contributed by atoms with van der Waals surface area (Å²) in [5.41, 5.74) is -14.5. The van der Waals surface area contributed by atoms with Crippen molar-refractivity contribution in [3.8, 4) is 68.5 Å². The van der Waals surface area contributed by atoms with Gasteiger partial charge < -0.3 is 28.9 Å². The van der Waals surface area contributed by atoms with E-state index in [1.807, 2.05) is 0 Å². The molecule has 0 radical (unpaired) electrons. The Morgan fingerprint density at radius 3 is 0.493 bits per heavy atom. The van der Waals surface area contributed by atoms with Crippen LogP contribution in [0.5, 0.6) is 23.0 Å². The van der Waals surface area contributed by atoms with Gasteiger partial charge in [0, 0.05) is 43.8 Å². The van der Waals surface area contributed by atoms with Crippen LogP contribution in [0.1, 0.15) is 0 Å². The molecule has 2 aliphatic rings. The van der Waals surface area contributed by atoms with Crippen molar-refractivity contribution in [1.82, 2.24) is 39.9 Å².